The maximum absolute atomic E-state index is 12.8. The van der Waals surface area contributed by atoms with Gasteiger partial charge < -0.3 is 9.47 Å². The molecule has 4 heteroatoms. The Morgan fingerprint density at radius 1 is 0.963 bits per heavy atom. The van der Waals surface area contributed by atoms with Crippen LogP contribution in [0.25, 0.3) is 0 Å². The van der Waals surface area contributed by atoms with Gasteiger partial charge in [0.1, 0.15) is 5.78 Å². The molecule has 0 bridgehead atoms. The smallest absolute Gasteiger partial charge is 0.165 e. The summed E-state index contributed by atoms with van der Waals surface area (Å²) in [4.78, 5) is 25.2. The van der Waals surface area contributed by atoms with Crippen LogP contribution in [-0.4, -0.2) is 30.6 Å². The number of ketones is 2. The number of hydrogen-bond acceptors (Lipinski definition) is 4. The van der Waals surface area contributed by atoms with E-state index in [-0.39, 0.29) is 10.8 Å². The molecule has 4 rings (SSSR count). The number of hydrogen-bond donors (Lipinski definition) is 0. The molecule has 3 fully saturated rings. The predicted molar refractivity (Wildman–Crippen MR) is 103 cm³/mol. The minimum Gasteiger partial charge on any atom is -0.350 e. The van der Waals surface area contributed by atoms with Gasteiger partial charge in [0, 0.05) is 30.1 Å². The van der Waals surface area contributed by atoms with E-state index in [9.17, 15) is 9.59 Å². The van der Waals surface area contributed by atoms with Crippen molar-refractivity contribution in [3.8, 4) is 0 Å². The highest BCUT2D eigenvalue weighted by Crippen LogP contribution is 2.57. The summed E-state index contributed by atoms with van der Waals surface area (Å²) in [5, 5.41) is 0. The van der Waals surface area contributed by atoms with Crippen LogP contribution in [-0.2, 0) is 19.1 Å². The monoisotopic (exact) mass is 374 g/mol. The first kappa shape index (κ1) is 19.3. The predicted octanol–water partition coefficient (Wildman–Crippen LogP) is 4.61. The lowest BCUT2D eigenvalue weighted by atomic mass is 9.58. The highest BCUT2D eigenvalue weighted by molar-refractivity contribution is 5.97. The second-order valence-corrected chi connectivity index (χ2v) is 10.4. The van der Waals surface area contributed by atoms with Gasteiger partial charge in [0.05, 0.1) is 13.2 Å². The molecule has 3 aliphatic carbocycles. The lowest BCUT2D eigenvalue weighted by Crippen LogP contribution is -2.46. The summed E-state index contributed by atoms with van der Waals surface area (Å²) in [6.45, 7) is 9.85. The van der Waals surface area contributed by atoms with Crippen LogP contribution in [0.1, 0.15) is 79.1 Å². The Labute approximate surface area is 163 Å². The third kappa shape index (κ3) is 3.33. The van der Waals surface area contributed by atoms with Crippen molar-refractivity contribution in [2.24, 2.45) is 22.7 Å². The van der Waals surface area contributed by atoms with Gasteiger partial charge in [-0.2, -0.15) is 0 Å². The van der Waals surface area contributed by atoms with Crippen molar-refractivity contribution in [1.29, 1.82) is 0 Å². The lowest BCUT2D eigenvalue weighted by molar-refractivity contribution is -0.291. The summed E-state index contributed by atoms with van der Waals surface area (Å²) in [6, 6.07) is 0. The summed E-state index contributed by atoms with van der Waals surface area (Å²) < 4.78 is 12.1. The van der Waals surface area contributed by atoms with Gasteiger partial charge in [-0.1, -0.05) is 26.3 Å². The Bertz CT molecular complexity index is 678. The first-order chi connectivity index (χ1) is 12.6. The second-order valence-electron chi connectivity index (χ2n) is 10.4. The molecule has 0 unspecified atom stereocenters. The van der Waals surface area contributed by atoms with Crippen molar-refractivity contribution in [3.63, 3.8) is 0 Å². The number of carbonyl (C=O) groups is 2. The average Bonchev–Trinajstić information content (AvgIpc) is 2.93. The summed E-state index contributed by atoms with van der Waals surface area (Å²) in [5.74, 6) is 1.04. The molecule has 0 N–H and O–H groups in total. The quantitative estimate of drug-likeness (QED) is 0.724. The van der Waals surface area contributed by atoms with Crippen molar-refractivity contribution in [1.82, 2.24) is 0 Å². The third-order valence-electron chi connectivity index (χ3n) is 7.76. The normalized spacial score (nSPS) is 37.9. The van der Waals surface area contributed by atoms with E-state index in [1.807, 2.05) is 6.92 Å². The Morgan fingerprint density at radius 2 is 1.67 bits per heavy atom. The number of ether oxygens (including phenoxy) is 2. The van der Waals surface area contributed by atoms with Gasteiger partial charge in [0.2, 0.25) is 0 Å². The number of carbonyl (C=O) groups excluding carboxylic acids is 2. The highest BCUT2D eigenvalue weighted by atomic mass is 16.7. The SMILES string of the molecule is CC1(C)COC(C)(CCC2=C3CC[C@]4(C)C(=O)CC[C@H]4[C@@H]3CCC2=O)OC1. The van der Waals surface area contributed by atoms with Gasteiger partial charge >= 0.3 is 0 Å². The Hall–Kier alpha value is -1.00. The lowest BCUT2D eigenvalue weighted by Gasteiger charge is -2.45. The van der Waals surface area contributed by atoms with E-state index in [1.54, 1.807) is 0 Å². The van der Waals surface area contributed by atoms with Crippen LogP contribution in [0.15, 0.2) is 11.1 Å². The molecular formula is C23H34O4. The molecule has 4 aliphatic rings. The fourth-order valence-electron chi connectivity index (χ4n) is 5.83. The molecule has 0 aromatic carbocycles. The number of fused-ring (bicyclic) bond motifs is 3. The molecule has 2 saturated carbocycles. The third-order valence-corrected chi connectivity index (χ3v) is 7.76. The Morgan fingerprint density at radius 3 is 2.37 bits per heavy atom. The van der Waals surface area contributed by atoms with Crippen LogP contribution in [0.5, 0.6) is 0 Å². The van der Waals surface area contributed by atoms with Gasteiger partial charge in [-0.05, 0) is 56.4 Å². The molecule has 1 saturated heterocycles. The Kier molecular flexibility index (Phi) is 4.67. The molecule has 150 valence electrons. The first-order valence-electron chi connectivity index (χ1n) is 10.7. The fraction of sp³-hybridized carbons (Fsp3) is 0.826. The number of Topliss-reactive ketones (excluding diaryl/α,β-unsaturated/α-hetero) is 2. The van der Waals surface area contributed by atoms with Gasteiger partial charge in [-0.3, -0.25) is 9.59 Å². The van der Waals surface area contributed by atoms with Gasteiger partial charge in [-0.15, -0.1) is 0 Å². The van der Waals surface area contributed by atoms with Gasteiger partial charge in [-0.25, -0.2) is 0 Å². The summed E-state index contributed by atoms with van der Waals surface area (Å²) in [6.07, 6.45) is 6.58. The van der Waals surface area contributed by atoms with Crippen LogP contribution in [0.4, 0.5) is 0 Å². The molecule has 0 spiro atoms. The maximum atomic E-state index is 12.8. The van der Waals surface area contributed by atoms with Crippen molar-refractivity contribution >= 4 is 11.6 Å². The van der Waals surface area contributed by atoms with E-state index in [0.29, 0.717) is 43.0 Å². The molecule has 0 radical (unpaired) electrons. The van der Waals surface area contributed by atoms with Gasteiger partial charge in [0.25, 0.3) is 0 Å². The van der Waals surface area contributed by atoms with Crippen LogP contribution in [0, 0.1) is 22.7 Å². The zero-order chi connectivity index (χ0) is 19.4. The van der Waals surface area contributed by atoms with Crippen molar-refractivity contribution in [2.45, 2.75) is 84.8 Å². The summed E-state index contributed by atoms with van der Waals surface area (Å²) in [5.41, 5.74) is 2.30. The Balaban J connectivity index is 1.52. The zero-order valence-electron chi connectivity index (χ0n) is 17.4. The molecule has 0 amide bonds. The van der Waals surface area contributed by atoms with Crippen LogP contribution < -0.4 is 0 Å². The number of allylic oxidation sites excluding steroid dienone is 2. The molecule has 1 heterocycles. The maximum Gasteiger partial charge on any atom is 0.165 e. The minimum atomic E-state index is -0.594. The van der Waals surface area contributed by atoms with Crippen LogP contribution in [0.2, 0.25) is 0 Å². The zero-order valence-corrected chi connectivity index (χ0v) is 17.4. The molecular weight excluding hydrogens is 340 g/mol. The van der Waals surface area contributed by atoms with E-state index < -0.39 is 5.79 Å². The van der Waals surface area contributed by atoms with Crippen LogP contribution in [0.3, 0.4) is 0 Å². The van der Waals surface area contributed by atoms with E-state index in [2.05, 4.69) is 20.8 Å². The van der Waals surface area contributed by atoms with Crippen molar-refractivity contribution in [3.05, 3.63) is 11.1 Å². The standard InChI is InChI=1S/C23H34O4/c1-21(2)13-26-23(4,27-14-21)12-10-17-15-9-11-22(3)18(6-8-20(22)25)16(15)5-7-19(17)24/h16,18H,5-14H2,1-4H3/t16-,18+,22+/m1/s1. The molecule has 4 nitrogen and oxygen atoms in total. The molecule has 27 heavy (non-hydrogen) atoms. The molecule has 0 aromatic heterocycles. The van der Waals surface area contributed by atoms with Gasteiger partial charge in [0.15, 0.2) is 11.6 Å². The summed E-state index contributed by atoms with van der Waals surface area (Å²) in [7, 11) is 0. The highest BCUT2D eigenvalue weighted by Gasteiger charge is 2.53. The minimum absolute atomic E-state index is 0.0516. The van der Waals surface area contributed by atoms with E-state index in [1.165, 1.54) is 5.57 Å². The van der Waals surface area contributed by atoms with Crippen molar-refractivity contribution < 1.29 is 19.1 Å². The van der Waals surface area contributed by atoms with E-state index in [4.69, 9.17) is 9.47 Å². The molecule has 0 aromatic rings. The topological polar surface area (TPSA) is 52.6 Å². The molecule has 3 atom stereocenters. The first-order valence-corrected chi connectivity index (χ1v) is 10.7. The van der Waals surface area contributed by atoms with Crippen LogP contribution >= 0.6 is 0 Å². The van der Waals surface area contributed by atoms with E-state index >= 15 is 0 Å². The largest absolute Gasteiger partial charge is 0.350 e. The summed E-state index contributed by atoms with van der Waals surface area (Å²) >= 11 is 0. The van der Waals surface area contributed by atoms with Crippen molar-refractivity contribution in [2.75, 3.05) is 13.2 Å². The van der Waals surface area contributed by atoms with E-state index in [0.717, 1.165) is 50.5 Å². The second kappa shape index (κ2) is 6.52. The average molecular weight is 375 g/mol. The molecule has 1 aliphatic heterocycles. The fourth-order valence-corrected chi connectivity index (χ4v) is 5.83. The number of rotatable bonds is 3.